The highest BCUT2D eigenvalue weighted by Crippen LogP contribution is 2.15. The number of benzene rings is 2. The van der Waals surface area contributed by atoms with E-state index in [9.17, 15) is 9.59 Å². The Labute approximate surface area is 148 Å². The van der Waals surface area contributed by atoms with E-state index >= 15 is 0 Å². The summed E-state index contributed by atoms with van der Waals surface area (Å²) < 4.78 is 0.944. The molecule has 0 saturated heterocycles. The predicted molar refractivity (Wildman–Crippen MR) is 97.1 cm³/mol. The number of halogens is 1. The third-order valence-electron chi connectivity index (χ3n) is 2.95. The fourth-order valence-electron chi connectivity index (χ4n) is 1.88. The van der Waals surface area contributed by atoms with E-state index in [-0.39, 0.29) is 18.2 Å². The molecule has 0 atom stereocenters. The standard InChI is InChI=1S/C18H14BrN3O2/c19-14-3-1-2-13(12-14)4-9-17(23)21-15-5-7-16(8-6-15)22-18(24)10-11-20/h1-9,12H,10H2,(H,21,23)(H,22,24)/b9-4+. The van der Waals surface area contributed by atoms with E-state index in [0.29, 0.717) is 11.4 Å². The van der Waals surface area contributed by atoms with Gasteiger partial charge in [-0.05, 0) is 48.0 Å². The lowest BCUT2D eigenvalue weighted by Gasteiger charge is -2.05. The van der Waals surface area contributed by atoms with E-state index in [1.165, 1.54) is 6.08 Å². The van der Waals surface area contributed by atoms with Gasteiger partial charge in [-0.25, -0.2) is 0 Å². The van der Waals surface area contributed by atoms with Gasteiger partial charge in [0.05, 0.1) is 6.07 Å². The predicted octanol–water partition coefficient (Wildman–Crippen LogP) is 3.95. The molecule has 0 aliphatic rings. The molecule has 0 fully saturated rings. The van der Waals surface area contributed by atoms with Crippen LogP contribution in [-0.4, -0.2) is 11.8 Å². The van der Waals surface area contributed by atoms with Gasteiger partial charge < -0.3 is 10.6 Å². The largest absolute Gasteiger partial charge is 0.325 e. The highest BCUT2D eigenvalue weighted by molar-refractivity contribution is 9.10. The average molecular weight is 384 g/mol. The quantitative estimate of drug-likeness (QED) is 0.766. The molecule has 0 heterocycles. The van der Waals surface area contributed by atoms with Crippen molar-refractivity contribution in [2.24, 2.45) is 0 Å². The van der Waals surface area contributed by atoms with Gasteiger partial charge in [-0.3, -0.25) is 9.59 Å². The van der Waals surface area contributed by atoms with Crippen molar-refractivity contribution < 1.29 is 9.59 Å². The zero-order valence-corrected chi connectivity index (χ0v) is 14.2. The Morgan fingerprint density at radius 3 is 2.38 bits per heavy atom. The molecule has 0 aliphatic carbocycles. The Morgan fingerprint density at radius 1 is 1.08 bits per heavy atom. The first-order chi connectivity index (χ1) is 11.6. The Morgan fingerprint density at radius 2 is 1.75 bits per heavy atom. The molecule has 2 aromatic carbocycles. The Balaban J connectivity index is 1.92. The van der Waals surface area contributed by atoms with E-state index in [1.807, 2.05) is 24.3 Å². The molecule has 5 nitrogen and oxygen atoms in total. The number of hydrogen-bond donors (Lipinski definition) is 2. The molecule has 6 heteroatoms. The van der Waals surface area contributed by atoms with Crippen LogP contribution in [0.2, 0.25) is 0 Å². The highest BCUT2D eigenvalue weighted by Gasteiger charge is 2.02. The summed E-state index contributed by atoms with van der Waals surface area (Å²) in [5.74, 6) is -0.623. The van der Waals surface area contributed by atoms with Gasteiger partial charge in [0.15, 0.2) is 0 Å². The van der Waals surface area contributed by atoms with Crippen molar-refractivity contribution in [3.05, 3.63) is 64.6 Å². The Kier molecular flexibility index (Phi) is 6.29. The number of nitriles is 1. The van der Waals surface area contributed by atoms with Crippen LogP contribution in [0.3, 0.4) is 0 Å². The molecule has 2 N–H and O–H groups in total. The lowest BCUT2D eigenvalue weighted by Crippen LogP contribution is -2.10. The minimum Gasteiger partial charge on any atom is -0.325 e. The first-order valence-electron chi connectivity index (χ1n) is 7.08. The molecular formula is C18H14BrN3O2. The van der Waals surface area contributed by atoms with Crippen molar-refractivity contribution in [2.75, 3.05) is 10.6 Å². The van der Waals surface area contributed by atoms with Gasteiger partial charge in [-0.15, -0.1) is 0 Å². The van der Waals surface area contributed by atoms with Crippen LogP contribution in [0, 0.1) is 11.3 Å². The maximum absolute atomic E-state index is 11.9. The van der Waals surface area contributed by atoms with Crippen molar-refractivity contribution in [1.29, 1.82) is 5.26 Å². The number of amides is 2. The summed E-state index contributed by atoms with van der Waals surface area (Å²) >= 11 is 3.37. The smallest absolute Gasteiger partial charge is 0.248 e. The van der Waals surface area contributed by atoms with Gasteiger partial charge in [0.25, 0.3) is 0 Å². The molecule has 2 aromatic rings. The second kappa shape index (κ2) is 8.65. The number of hydrogen-bond acceptors (Lipinski definition) is 3. The van der Waals surface area contributed by atoms with Crippen LogP contribution in [0.1, 0.15) is 12.0 Å². The first kappa shape index (κ1) is 17.4. The van der Waals surface area contributed by atoms with Crippen molar-refractivity contribution in [2.45, 2.75) is 6.42 Å². The van der Waals surface area contributed by atoms with Crippen molar-refractivity contribution >= 4 is 45.2 Å². The van der Waals surface area contributed by atoms with Gasteiger partial charge in [-0.2, -0.15) is 5.26 Å². The van der Waals surface area contributed by atoms with Gasteiger partial charge >= 0.3 is 0 Å². The molecule has 0 bridgehead atoms. The van der Waals surface area contributed by atoms with Crippen LogP contribution in [0.15, 0.2) is 59.1 Å². The number of nitrogens with zero attached hydrogens (tertiary/aromatic N) is 1. The van der Waals surface area contributed by atoms with Gasteiger partial charge in [0.2, 0.25) is 11.8 Å². The molecule has 0 radical (unpaired) electrons. The van der Waals surface area contributed by atoms with Crippen LogP contribution in [0.4, 0.5) is 11.4 Å². The molecule has 0 aromatic heterocycles. The minimum atomic E-state index is -0.369. The zero-order valence-electron chi connectivity index (χ0n) is 12.6. The number of rotatable bonds is 5. The number of nitrogens with one attached hydrogen (secondary N) is 2. The third-order valence-corrected chi connectivity index (χ3v) is 3.44. The maximum atomic E-state index is 11.9. The van der Waals surface area contributed by atoms with E-state index in [0.717, 1.165) is 10.0 Å². The van der Waals surface area contributed by atoms with E-state index in [4.69, 9.17) is 5.26 Å². The lowest BCUT2D eigenvalue weighted by molar-refractivity contribution is -0.115. The summed E-state index contributed by atoms with van der Waals surface area (Å²) in [6.07, 6.45) is 2.97. The minimum absolute atomic E-state index is 0.196. The highest BCUT2D eigenvalue weighted by atomic mass is 79.9. The topological polar surface area (TPSA) is 82.0 Å². The SMILES string of the molecule is N#CCC(=O)Nc1ccc(NC(=O)/C=C/c2cccc(Br)c2)cc1. The summed E-state index contributed by atoms with van der Waals surface area (Å²) in [5, 5.41) is 13.8. The fraction of sp³-hybridized carbons (Fsp3) is 0.0556. The lowest BCUT2D eigenvalue weighted by atomic mass is 10.2. The van der Waals surface area contributed by atoms with Gasteiger partial charge in [0.1, 0.15) is 6.42 Å². The summed E-state index contributed by atoms with van der Waals surface area (Å²) in [4.78, 5) is 23.2. The van der Waals surface area contributed by atoms with Crippen LogP contribution < -0.4 is 10.6 Å². The summed E-state index contributed by atoms with van der Waals surface area (Å²) in [7, 11) is 0. The molecule has 0 aliphatic heterocycles. The average Bonchev–Trinajstić information content (AvgIpc) is 2.55. The fourth-order valence-corrected chi connectivity index (χ4v) is 2.30. The van der Waals surface area contributed by atoms with Crippen LogP contribution >= 0.6 is 15.9 Å². The zero-order chi connectivity index (χ0) is 17.4. The summed E-state index contributed by atoms with van der Waals surface area (Å²) in [5.41, 5.74) is 2.09. The van der Waals surface area contributed by atoms with E-state index in [2.05, 4.69) is 26.6 Å². The molecule has 120 valence electrons. The van der Waals surface area contributed by atoms with Crippen LogP contribution in [0.5, 0.6) is 0 Å². The monoisotopic (exact) mass is 383 g/mol. The van der Waals surface area contributed by atoms with E-state index in [1.54, 1.807) is 36.4 Å². The first-order valence-corrected chi connectivity index (χ1v) is 7.87. The normalized spacial score (nSPS) is 10.2. The molecule has 24 heavy (non-hydrogen) atoms. The van der Waals surface area contributed by atoms with E-state index < -0.39 is 0 Å². The van der Waals surface area contributed by atoms with Crippen molar-refractivity contribution in [3.8, 4) is 6.07 Å². The second-order valence-electron chi connectivity index (χ2n) is 4.84. The summed E-state index contributed by atoms with van der Waals surface area (Å²) in [6.45, 7) is 0. The Hall–Kier alpha value is -2.91. The van der Waals surface area contributed by atoms with Gasteiger partial charge in [0, 0.05) is 21.9 Å². The Bertz CT molecular complexity index is 808. The van der Waals surface area contributed by atoms with Gasteiger partial charge in [-0.1, -0.05) is 28.1 Å². The molecule has 0 saturated carbocycles. The summed E-state index contributed by atoms with van der Waals surface area (Å²) in [6, 6.07) is 16.0. The third kappa shape index (κ3) is 5.71. The number of carbonyl (C=O) groups is 2. The molecule has 0 unspecified atom stereocenters. The molecule has 2 rings (SSSR count). The molecular weight excluding hydrogens is 370 g/mol. The number of anilines is 2. The van der Waals surface area contributed by atoms with Crippen molar-refractivity contribution in [3.63, 3.8) is 0 Å². The van der Waals surface area contributed by atoms with Crippen LogP contribution in [-0.2, 0) is 9.59 Å². The maximum Gasteiger partial charge on any atom is 0.248 e. The second-order valence-corrected chi connectivity index (χ2v) is 5.75. The van der Waals surface area contributed by atoms with Crippen LogP contribution in [0.25, 0.3) is 6.08 Å². The molecule has 2 amide bonds. The molecule has 0 spiro atoms. The van der Waals surface area contributed by atoms with Crippen molar-refractivity contribution in [1.82, 2.24) is 0 Å². The number of carbonyl (C=O) groups excluding carboxylic acids is 2.